The summed E-state index contributed by atoms with van der Waals surface area (Å²) in [6, 6.07) is 9.26. The zero-order valence-corrected chi connectivity index (χ0v) is 9.42. The number of hydrogen-bond donors (Lipinski definition) is 2. The number of nitrogens with one attached hydrogen (secondary N) is 2. The van der Waals surface area contributed by atoms with Gasteiger partial charge in [0.05, 0.1) is 0 Å². The molecule has 0 saturated heterocycles. The smallest absolute Gasteiger partial charge is 0.0386 e. The fourth-order valence-electron chi connectivity index (χ4n) is 2.18. The Hall–Kier alpha value is -1.02. The van der Waals surface area contributed by atoms with E-state index in [-0.39, 0.29) is 0 Å². The van der Waals surface area contributed by atoms with Crippen LogP contribution in [-0.4, -0.2) is 19.1 Å². The first-order valence-corrected chi connectivity index (χ1v) is 5.95. The van der Waals surface area contributed by atoms with Gasteiger partial charge in [-0.2, -0.15) is 0 Å². The molecule has 0 saturated carbocycles. The third-order valence-corrected chi connectivity index (χ3v) is 3.02. The summed E-state index contributed by atoms with van der Waals surface area (Å²) in [7, 11) is 0. The molecule has 2 rings (SSSR count). The molecule has 0 bridgehead atoms. The highest BCUT2D eigenvalue weighted by atomic mass is 15.0. The van der Waals surface area contributed by atoms with Crippen molar-refractivity contribution in [2.75, 3.05) is 18.4 Å². The predicted molar refractivity (Wildman–Crippen MR) is 65.3 cm³/mol. The second-order valence-corrected chi connectivity index (χ2v) is 4.20. The van der Waals surface area contributed by atoms with Crippen LogP contribution in [0.4, 0.5) is 5.69 Å². The van der Waals surface area contributed by atoms with Crippen molar-refractivity contribution < 1.29 is 0 Å². The van der Waals surface area contributed by atoms with Crippen molar-refractivity contribution >= 4 is 5.69 Å². The molecule has 0 spiro atoms. The highest BCUT2D eigenvalue weighted by Crippen LogP contribution is 2.23. The normalized spacial score (nSPS) is 20.2. The monoisotopic (exact) mass is 204 g/mol. The quantitative estimate of drug-likeness (QED) is 0.790. The molecule has 1 aromatic carbocycles. The van der Waals surface area contributed by atoms with Crippen molar-refractivity contribution in [3.63, 3.8) is 0 Å². The van der Waals surface area contributed by atoms with Gasteiger partial charge in [-0.25, -0.2) is 0 Å². The zero-order valence-electron chi connectivity index (χ0n) is 9.42. The Morgan fingerprint density at radius 1 is 1.40 bits per heavy atom. The SMILES string of the molecule is CCNCC1CCCc2ccccc2N1. The van der Waals surface area contributed by atoms with Crippen molar-refractivity contribution in [1.29, 1.82) is 0 Å². The van der Waals surface area contributed by atoms with E-state index in [1.54, 1.807) is 0 Å². The highest BCUT2D eigenvalue weighted by Gasteiger charge is 2.14. The van der Waals surface area contributed by atoms with Gasteiger partial charge < -0.3 is 10.6 Å². The fourth-order valence-corrected chi connectivity index (χ4v) is 2.18. The largest absolute Gasteiger partial charge is 0.381 e. The summed E-state index contributed by atoms with van der Waals surface area (Å²) in [5.74, 6) is 0. The molecule has 82 valence electrons. The molecule has 1 heterocycles. The van der Waals surface area contributed by atoms with Crippen LogP contribution in [0.3, 0.4) is 0 Å². The van der Waals surface area contributed by atoms with E-state index in [1.807, 2.05) is 0 Å². The molecule has 1 aliphatic heterocycles. The van der Waals surface area contributed by atoms with Crippen molar-refractivity contribution in [2.24, 2.45) is 0 Å². The molecular formula is C13H20N2. The molecule has 2 nitrogen and oxygen atoms in total. The number of benzene rings is 1. The zero-order chi connectivity index (χ0) is 10.5. The van der Waals surface area contributed by atoms with Crippen LogP contribution in [0.1, 0.15) is 25.3 Å². The average molecular weight is 204 g/mol. The molecule has 0 fully saturated rings. The number of hydrogen-bond acceptors (Lipinski definition) is 2. The molecule has 0 radical (unpaired) electrons. The maximum absolute atomic E-state index is 3.63. The van der Waals surface area contributed by atoms with Gasteiger partial charge in [0.15, 0.2) is 0 Å². The Balaban J connectivity index is 2.04. The summed E-state index contributed by atoms with van der Waals surface area (Å²) in [6.07, 6.45) is 3.77. The summed E-state index contributed by atoms with van der Waals surface area (Å²) >= 11 is 0. The number of fused-ring (bicyclic) bond motifs is 1. The van der Waals surface area contributed by atoms with Crippen LogP contribution in [0.15, 0.2) is 24.3 Å². The number of aryl methyl sites for hydroxylation is 1. The Morgan fingerprint density at radius 3 is 3.13 bits per heavy atom. The molecule has 2 heteroatoms. The van der Waals surface area contributed by atoms with Gasteiger partial charge in [0.2, 0.25) is 0 Å². The standard InChI is InChI=1S/C13H20N2/c1-2-14-10-12-8-5-7-11-6-3-4-9-13(11)15-12/h3-4,6,9,12,14-15H,2,5,7-8,10H2,1H3. The van der Waals surface area contributed by atoms with Crippen molar-refractivity contribution in [1.82, 2.24) is 5.32 Å². The Kier molecular flexibility index (Phi) is 3.62. The molecular weight excluding hydrogens is 184 g/mol. The lowest BCUT2D eigenvalue weighted by molar-refractivity contribution is 0.573. The van der Waals surface area contributed by atoms with E-state index >= 15 is 0 Å². The van der Waals surface area contributed by atoms with E-state index in [0.717, 1.165) is 13.1 Å². The maximum Gasteiger partial charge on any atom is 0.0386 e. The van der Waals surface area contributed by atoms with E-state index in [4.69, 9.17) is 0 Å². The van der Waals surface area contributed by atoms with Gasteiger partial charge in [-0.1, -0.05) is 25.1 Å². The van der Waals surface area contributed by atoms with Crippen LogP contribution in [0, 0.1) is 0 Å². The van der Waals surface area contributed by atoms with Gasteiger partial charge >= 0.3 is 0 Å². The third kappa shape index (κ3) is 2.72. The summed E-state index contributed by atoms with van der Waals surface area (Å²) < 4.78 is 0. The van der Waals surface area contributed by atoms with E-state index in [0.29, 0.717) is 6.04 Å². The molecule has 1 aromatic rings. The highest BCUT2D eigenvalue weighted by molar-refractivity contribution is 5.52. The second-order valence-electron chi connectivity index (χ2n) is 4.20. The molecule has 2 N–H and O–H groups in total. The molecule has 1 unspecified atom stereocenters. The summed E-state index contributed by atoms with van der Waals surface area (Å²) in [5, 5.41) is 7.05. The Morgan fingerprint density at radius 2 is 2.27 bits per heavy atom. The molecule has 0 aliphatic carbocycles. The minimum absolute atomic E-state index is 0.591. The van der Waals surface area contributed by atoms with Gasteiger partial charge in [-0.15, -0.1) is 0 Å². The first kappa shape index (κ1) is 10.5. The minimum atomic E-state index is 0.591. The molecule has 0 amide bonds. The molecule has 1 atom stereocenters. The molecule has 15 heavy (non-hydrogen) atoms. The summed E-state index contributed by atoms with van der Waals surface area (Å²) in [4.78, 5) is 0. The number of rotatable bonds is 3. The van der Waals surface area contributed by atoms with E-state index < -0.39 is 0 Å². The number of para-hydroxylation sites is 1. The second kappa shape index (κ2) is 5.17. The van der Waals surface area contributed by atoms with Gasteiger partial charge in [-0.05, 0) is 37.4 Å². The van der Waals surface area contributed by atoms with Gasteiger partial charge in [-0.3, -0.25) is 0 Å². The fraction of sp³-hybridized carbons (Fsp3) is 0.538. The van der Waals surface area contributed by atoms with Gasteiger partial charge in [0, 0.05) is 18.3 Å². The number of likely N-dealkylation sites (N-methyl/N-ethyl adjacent to an activating group) is 1. The lowest BCUT2D eigenvalue weighted by Crippen LogP contribution is -2.32. The van der Waals surface area contributed by atoms with Gasteiger partial charge in [0.1, 0.15) is 0 Å². The summed E-state index contributed by atoms with van der Waals surface area (Å²) in [6.45, 7) is 4.29. The van der Waals surface area contributed by atoms with Crippen LogP contribution in [0.5, 0.6) is 0 Å². The van der Waals surface area contributed by atoms with E-state index in [9.17, 15) is 0 Å². The van der Waals surface area contributed by atoms with Crippen LogP contribution >= 0.6 is 0 Å². The lowest BCUT2D eigenvalue weighted by atomic mass is 10.1. The van der Waals surface area contributed by atoms with Gasteiger partial charge in [0.25, 0.3) is 0 Å². The van der Waals surface area contributed by atoms with Crippen LogP contribution in [0.2, 0.25) is 0 Å². The predicted octanol–water partition coefficient (Wildman–Crippen LogP) is 2.41. The Bertz CT molecular complexity index is 307. The maximum atomic E-state index is 3.63. The first-order valence-electron chi connectivity index (χ1n) is 5.95. The minimum Gasteiger partial charge on any atom is -0.381 e. The third-order valence-electron chi connectivity index (χ3n) is 3.02. The lowest BCUT2D eigenvalue weighted by Gasteiger charge is -2.18. The average Bonchev–Trinajstić information content (AvgIpc) is 2.47. The van der Waals surface area contributed by atoms with E-state index in [1.165, 1.54) is 30.5 Å². The molecule has 1 aliphatic rings. The first-order chi connectivity index (χ1) is 7.40. The summed E-state index contributed by atoms with van der Waals surface area (Å²) in [5.41, 5.74) is 2.80. The van der Waals surface area contributed by atoms with Crippen LogP contribution in [0.25, 0.3) is 0 Å². The molecule has 0 aromatic heterocycles. The van der Waals surface area contributed by atoms with Crippen molar-refractivity contribution in [2.45, 2.75) is 32.2 Å². The van der Waals surface area contributed by atoms with Crippen molar-refractivity contribution in [3.05, 3.63) is 29.8 Å². The van der Waals surface area contributed by atoms with Crippen LogP contribution in [-0.2, 0) is 6.42 Å². The van der Waals surface area contributed by atoms with Crippen molar-refractivity contribution in [3.8, 4) is 0 Å². The Labute approximate surface area is 92.1 Å². The topological polar surface area (TPSA) is 24.1 Å². The van der Waals surface area contributed by atoms with Crippen LogP contribution < -0.4 is 10.6 Å². The number of anilines is 1. The van der Waals surface area contributed by atoms with E-state index in [2.05, 4.69) is 41.8 Å².